The molecule has 1 aromatic carbocycles. The monoisotopic (exact) mass is 353 g/mol. The lowest BCUT2D eigenvalue weighted by Gasteiger charge is -2.07. The van der Waals surface area contributed by atoms with E-state index < -0.39 is 0 Å². The quantitative estimate of drug-likeness (QED) is 0.299. The Hall–Kier alpha value is -2.62. The largest absolute Gasteiger partial charge is 0.492 e. The second-order valence-corrected chi connectivity index (χ2v) is 6.09. The van der Waals surface area contributed by atoms with E-state index in [1.54, 1.807) is 6.20 Å². The SMILES string of the molecule is C=CC(=O)OCCCCCCCCOc1ccc(-c2ccccc2)nc1. The zero-order valence-electron chi connectivity index (χ0n) is 15.2. The fourth-order valence-corrected chi connectivity index (χ4v) is 2.58. The van der Waals surface area contributed by atoms with Crippen molar-refractivity contribution in [1.29, 1.82) is 0 Å². The van der Waals surface area contributed by atoms with Gasteiger partial charge in [-0.05, 0) is 25.0 Å². The van der Waals surface area contributed by atoms with Gasteiger partial charge in [0.15, 0.2) is 0 Å². The molecule has 0 atom stereocenters. The van der Waals surface area contributed by atoms with E-state index in [9.17, 15) is 4.79 Å². The van der Waals surface area contributed by atoms with Gasteiger partial charge in [-0.15, -0.1) is 0 Å². The first-order chi connectivity index (χ1) is 12.8. The lowest BCUT2D eigenvalue weighted by molar-refractivity contribution is -0.137. The molecular formula is C22H27NO3. The summed E-state index contributed by atoms with van der Waals surface area (Å²) < 4.78 is 10.7. The molecule has 1 aromatic heterocycles. The number of rotatable bonds is 12. The molecule has 2 aromatic rings. The van der Waals surface area contributed by atoms with Crippen LogP contribution in [0.4, 0.5) is 0 Å². The fourth-order valence-electron chi connectivity index (χ4n) is 2.58. The Morgan fingerprint density at radius 1 is 0.923 bits per heavy atom. The molecule has 0 amide bonds. The van der Waals surface area contributed by atoms with E-state index in [1.165, 1.54) is 12.5 Å². The molecule has 0 N–H and O–H groups in total. The standard InChI is InChI=1S/C22H27NO3/c1-2-22(24)26-17-11-6-4-3-5-10-16-25-20-14-15-21(23-18-20)19-12-8-7-9-13-19/h2,7-9,12-15,18H,1,3-6,10-11,16-17H2. The van der Waals surface area contributed by atoms with Crippen molar-refractivity contribution in [1.82, 2.24) is 4.98 Å². The molecular weight excluding hydrogens is 326 g/mol. The van der Waals surface area contributed by atoms with E-state index in [-0.39, 0.29) is 5.97 Å². The van der Waals surface area contributed by atoms with Gasteiger partial charge in [-0.3, -0.25) is 4.98 Å². The summed E-state index contributed by atoms with van der Waals surface area (Å²) in [5.74, 6) is 0.474. The van der Waals surface area contributed by atoms with Crippen molar-refractivity contribution in [2.45, 2.75) is 38.5 Å². The van der Waals surface area contributed by atoms with Crippen LogP contribution in [0, 0.1) is 0 Å². The summed E-state index contributed by atoms with van der Waals surface area (Å²) in [7, 11) is 0. The molecule has 4 nitrogen and oxygen atoms in total. The molecule has 0 spiro atoms. The molecule has 0 fully saturated rings. The van der Waals surface area contributed by atoms with Gasteiger partial charge >= 0.3 is 5.97 Å². The van der Waals surface area contributed by atoms with Crippen LogP contribution in [0.15, 0.2) is 61.3 Å². The molecule has 0 saturated heterocycles. The smallest absolute Gasteiger partial charge is 0.330 e. The molecule has 0 saturated carbocycles. The van der Waals surface area contributed by atoms with Crippen LogP contribution in [-0.4, -0.2) is 24.2 Å². The highest BCUT2D eigenvalue weighted by Crippen LogP contribution is 2.19. The number of carbonyl (C=O) groups excluding carboxylic acids is 1. The highest BCUT2D eigenvalue weighted by molar-refractivity contribution is 5.81. The van der Waals surface area contributed by atoms with E-state index in [2.05, 4.69) is 11.6 Å². The van der Waals surface area contributed by atoms with Crippen LogP contribution < -0.4 is 4.74 Å². The van der Waals surface area contributed by atoms with Gasteiger partial charge in [-0.25, -0.2) is 4.79 Å². The number of ether oxygens (including phenoxy) is 2. The maximum Gasteiger partial charge on any atom is 0.330 e. The second-order valence-electron chi connectivity index (χ2n) is 6.09. The maximum absolute atomic E-state index is 10.9. The lowest BCUT2D eigenvalue weighted by atomic mass is 10.1. The van der Waals surface area contributed by atoms with Crippen LogP contribution in [0.5, 0.6) is 5.75 Å². The molecule has 0 aliphatic heterocycles. The topological polar surface area (TPSA) is 48.4 Å². The van der Waals surface area contributed by atoms with Crippen molar-refractivity contribution in [3.05, 3.63) is 61.3 Å². The summed E-state index contributed by atoms with van der Waals surface area (Å²) in [5, 5.41) is 0. The Morgan fingerprint density at radius 3 is 2.27 bits per heavy atom. The first kappa shape index (κ1) is 19.7. The Balaban J connectivity index is 1.51. The number of benzene rings is 1. The second kappa shape index (κ2) is 11.9. The fraction of sp³-hybridized carbons (Fsp3) is 0.364. The van der Waals surface area contributed by atoms with Crippen LogP contribution in [0.1, 0.15) is 38.5 Å². The zero-order valence-corrected chi connectivity index (χ0v) is 15.2. The van der Waals surface area contributed by atoms with Crippen molar-refractivity contribution in [3.8, 4) is 17.0 Å². The Labute approximate surface area is 155 Å². The third-order valence-corrected chi connectivity index (χ3v) is 4.02. The minimum Gasteiger partial charge on any atom is -0.492 e. The number of pyridine rings is 1. The number of carbonyl (C=O) groups is 1. The highest BCUT2D eigenvalue weighted by atomic mass is 16.5. The summed E-state index contributed by atoms with van der Waals surface area (Å²) in [6, 6.07) is 14.1. The number of esters is 1. The summed E-state index contributed by atoms with van der Waals surface area (Å²) in [6.07, 6.45) is 9.47. The van der Waals surface area contributed by atoms with Crippen LogP contribution in [0.2, 0.25) is 0 Å². The van der Waals surface area contributed by atoms with Gasteiger partial charge in [0, 0.05) is 11.6 Å². The van der Waals surface area contributed by atoms with E-state index in [0.29, 0.717) is 13.2 Å². The Morgan fingerprint density at radius 2 is 1.62 bits per heavy atom. The summed E-state index contributed by atoms with van der Waals surface area (Å²) in [5.41, 5.74) is 2.06. The van der Waals surface area contributed by atoms with E-state index >= 15 is 0 Å². The predicted molar refractivity (Wildman–Crippen MR) is 104 cm³/mol. The molecule has 0 aliphatic carbocycles. The number of aromatic nitrogens is 1. The average molecular weight is 353 g/mol. The lowest BCUT2D eigenvalue weighted by Crippen LogP contribution is -2.01. The number of nitrogens with zero attached hydrogens (tertiary/aromatic N) is 1. The Bertz CT molecular complexity index is 653. The van der Waals surface area contributed by atoms with Crippen molar-refractivity contribution in [2.24, 2.45) is 0 Å². The average Bonchev–Trinajstić information content (AvgIpc) is 2.70. The molecule has 1 heterocycles. The summed E-state index contributed by atoms with van der Waals surface area (Å²) >= 11 is 0. The minimum atomic E-state index is -0.339. The van der Waals surface area contributed by atoms with Crippen molar-refractivity contribution < 1.29 is 14.3 Å². The molecule has 26 heavy (non-hydrogen) atoms. The van der Waals surface area contributed by atoms with Crippen LogP contribution >= 0.6 is 0 Å². The number of hydrogen-bond acceptors (Lipinski definition) is 4. The van der Waals surface area contributed by atoms with Crippen LogP contribution in [-0.2, 0) is 9.53 Å². The van der Waals surface area contributed by atoms with Gasteiger partial charge in [0.25, 0.3) is 0 Å². The zero-order chi connectivity index (χ0) is 18.5. The van der Waals surface area contributed by atoms with Gasteiger partial charge in [0.1, 0.15) is 5.75 Å². The van der Waals surface area contributed by atoms with E-state index in [4.69, 9.17) is 9.47 Å². The van der Waals surface area contributed by atoms with Crippen molar-refractivity contribution in [3.63, 3.8) is 0 Å². The van der Waals surface area contributed by atoms with Gasteiger partial charge in [-0.2, -0.15) is 0 Å². The minimum absolute atomic E-state index is 0.339. The first-order valence-corrected chi connectivity index (χ1v) is 9.23. The summed E-state index contributed by atoms with van der Waals surface area (Å²) in [6.45, 7) is 4.56. The van der Waals surface area contributed by atoms with Gasteiger partial charge in [0.05, 0.1) is 25.1 Å². The van der Waals surface area contributed by atoms with Gasteiger partial charge in [0.2, 0.25) is 0 Å². The highest BCUT2D eigenvalue weighted by Gasteiger charge is 2.00. The van der Waals surface area contributed by atoms with E-state index in [1.807, 2.05) is 42.5 Å². The van der Waals surface area contributed by atoms with Crippen LogP contribution in [0.25, 0.3) is 11.3 Å². The van der Waals surface area contributed by atoms with Crippen LogP contribution in [0.3, 0.4) is 0 Å². The molecule has 0 bridgehead atoms. The summed E-state index contributed by atoms with van der Waals surface area (Å²) in [4.78, 5) is 15.3. The predicted octanol–water partition coefficient (Wildman–Crippen LogP) is 5.20. The number of unbranched alkanes of at least 4 members (excludes halogenated alkanes) is 5. The molecule has 2 rings (SSSR count). The first-order valence-electron chi connectivity index (χ1n) is 9.23. The third kappa shape index (κ3) is 7.51. The van der Waals surface area contributed by atoms with Gasteiger partial charge < -0.3 is 9.47 Å². The van der Waals surface area contributed by atoms with Gasteiger partial charge in [-0.1, -0.05) is 62.6 Å². The maximum atomic E-state index is 10.9. The van der Waals surface area contributed by atoms with Crippen molar-refractivity contribution >= 4 is 5.97 Å². The molecule has 0 unspecified atom stereocenters. The molecule has 4 heteroatoms. The number of hydrogen-bond donors (Lipinski definition) is 0. The Kier molecular flexibility index (Phi) is 8.98. The normalized spacial score (nSPS) is 10.3. The third-order valence-electron chi connectivity index (χ3n) is 4.02. The molecule has 0 aliphatic rings. The molecule has 138 valence electrons. The van der Waals surface area contributed by atoms with E-state index in [0.717, 1.165) is 49.1 Å². The van der Waals surface area contributed by atoms with Crippen molar-refractivity contribution in [2.75, 3.05) is 13.2 Å². The molecule has 0 radical (unpaired) electrons.